The molecular formula is C22H22O11. The van der Waals surface area contributed by atoms with Gasteiger partial charge in [-0.25, -0.2) is 0 Å². The number of ether oxygens (including phenoxy) is 3. The molecule has 0 amide bonds. The van der Waals surface area contributed by atoms with Gasteiger partial charge in [0.15, 0.2) is 22.7 Å². The van der Waals surface area contributed by atoms with Gasteiger partial charge in [-0.1, -0.05) is 0 Å². The van der Waals surface area contributed by atoms with Crippen LogP contribution in [0.4, 0.5) is 0 Å². The Morgan fingerprint density at radius 2 is 1.73 bits per heavy atom. The Labute approximate surface area is 186 Å². The van der Waals surface area contributed by atoms with E-state index in [1.807, 2.05) is 0 Å². The van der Waals surface area contributed by atoms with Crippen molar-refractivity contribution < 1.29 is 49.0 Å². The van der Waals surface area contributed by atoms with E-state index >= 15 is 0 Å². The van der Waals surface area contributed by atoms with Crippen LogP contribution in [-0.4, -0.2) is 75.7 Å². The molecule has 176 valence electrons. The molecule has 4 rings (SSSR count). The van der Waals surface area contributed by atoms with Crippen LogP contribution in [0, 0.1) is 0 Å². The fourth-order valence-electron chi connectivity index (χ4n) is 3.66. The lowest BCUT2D eigenvalue weighted by atomic mass is 9.90. The van der Waals surface area contributed by atoms with Crippen molar-refractivity contribution in [1.29, 1.82) is 0 Å². The number of allylic oxidation sites excluding steroid dienone is 2. The van der Waals surface area contributed by atoms with Gasteiger partial charge in [0.25, 0.3) is 0 Å². The van der Waals surface area contributed by atoms with Gasteiger partial charge in [-0.3, -0.25) is 9.59 Å². The van der Waals surface area contributed by atoms with E-state index in [1.54, 1.807) is 0 Å². The zero-order valence-corrected chi connectivity index (χ0v) is 17.3. The fraction of sp³-hybridized carbons (Fsp3) is 0.364. The zero-order chi connectivity index (χ0) is 23.9. The van der Waals surface area contributed by atoms with Gasteiger partial charge in [0.2, 0.25) is 6.29 Å². The second kappa shape index (κ2) is 8.71. The number of aliphatic hydroxyl groups excluding tert-OH is 4. The van der Waals surface area contributed by atoms with E-state index in [2.05, 4.69) is 0 Å². The normalized spacial score (nSPS) is 28.8. The number of hydrogen-bond donors (Lipinski definition) is 5. The summed E-state index contributed by atoms with van der Waals surface area (Å²) in [6.07, 6.45) is -1.80. The van der Waals surface area contributed by atoms with Crippen LogP contribution in [0.1, 0.15) is 5.56 Å². The molecule has 0 spiro atoms. The van der Waals surface area contributed by atoms with Gasteiger partial charge >= 0.3 is 0 Å². The van der Waals surface area contributed by atoms with Gasteiger partial charge < -0.3 is 44.2 Å². The lowest BCUT2D eigenvalue weighted by Crippen LogP contribution is -2.60. The Hall–Kier alpha value is -3.06. The maximum atomic E-state index is 13.1. The van der Waals surface area contributed by atoms with Crippen molar-refractivity contribution in [3.63, 3.8) is 0 Å². The van der Waals surface area contributed by atoms with Crippen LogP contribution >= 0.6 is 0 Å². The van der Waals surface area contributed by atoms with Gasteiger partial charge in [-0.2, -0.15) is 0 Å². The lowest BCUT2D eigenvalue weighted by molar-refractivity contribution is -0.277. The molecule has 2 heterocycles. The molecule has 0 saturated carbocycles. The van der Waals surface area contributed by atoms with E-state index in [4.69, 9.17) is 18.6 Å². The third-order valence-corrected chi connectivity index (χ3v) is 5.59. The molecule has 33 heavy (non-hydrogen) atoms. The van der Waals surface area contributed by atoms with Crippen molar-refractivity contribution in [3.8, 4) is 11.5 Å². The van der Waals surface area contributed by atoms with Crippen LogP contribution < -0.4 is 14.9 Å². The highest BCUT2D eigenvalue weighted by atomic mass is 16.7. The molecule has 5 N–H and O–H groups in total. The third-order valence-electron chi connectivity index (χ3n) is 5.59. The van der Waals surface area contributed by atoms with Gasteiger partial charge in [-0.15, -0.1) is 0 Å². The van der Waals surface area contributed by atoms with Crippen molar-refractivity contribution in [1.82, 2.24) is 0 Å². The number of ketones is 1. The molecule has 11 nitrogen and oxygen atoms in total. The number of fused-ring (bicyclic) bond motifs is 1. The number of carbonyl (C=O) groups is 1. The molecule has 0 unspecified atom stereocenters. The summed E-state index contributed by atoms with van der Waals surface area (Å²) in [6, 6.07) is 2.59. The number of aliphatic hydroxyl groups is 5. The summed E-state index contributed by atoms with van der Waals surface area (Å²) in [6.45, 7) is -0.630. The van der Waals surface area contributed by atoms with Gasteiger partial charge in [0.05, 0.1) is 24.7 Å². The molecule has 5 atom stereocenters. The summed E-state index contributed by atoms with van der Waals surface area (Å²) in [4.78, 5) is 24.5. The zero-order valence-electron chi connectivity index (χ0n) is 17.3. The maximum Gasteiger partial charge on any atom is 0.229 e. The average Bonchev–Trinajstić information content (AvgIpc) is 2.81. The summed E-state index contributed by atoms with van der Waals surface area (Å²) < 4.78 is 21.7. The Balaban J connectivity index is 1.72. The Bertz CT molecular complexity index is 1160. The molecule has 1 aliphatic carbocycles. The number of methoxy groups -OCH3 is 1. The van der Waals surface area contributed by atoms with Crippen LogP contribution in [-0.2, 0) is 15.1 Å². The molecule has 1 aromatic heterocycles. The largest absolute Gasteiger partial charge is 0.493 e. The van der Waals surface area contributed by atoms with Gasteiger partial charge in [-0.05, 0) is 30.4 Å². The van der Waals surface area contributed by atoms with E-state index in [9.17, 15) is 35.1 Å². The first kappa shape index (κ1) is 23.1. The minimum Gasteiger partial charge on any atom is -0.493 e. The smallest absolute Gasteiger partial charge is 0.229 e. The third kappa shape index (κ3) is 4.06. The molecule has 1 aromatic carbocycles. The lowest BCUT2D eigenvalue weighted by Gasteiger charge is -2.39. The predicted molar refractivity (Wildman–Crippen MR) is 111 cm³/mol. The SMILES string of the molecule is COc1cc2c(=O)c(C3(O)C=CC(=O)C=C3)coc2cc1O[C@@H]1O[C@H](CO)[C@@H](O)[C@H](O)[C@H]1O. The van der Waals surface area contributed by atoms with Crippen LogP contribution in [0.5, 0.6) is 11.5 Å². The van der Waals surface area contributed by atoms with Crippen molar-refractivity contribution in [2.24, 2.45) is 0 Å². The first-order valence-corrected chi connectivity index (χ1v) is 9.94. The first-order chi connectivity index (χ1) is 15.7. The molecule has 2 aliphatic rings. The van der Waals surface area contributed by atoms with Crippen LogP contribution in [0.15, 0.2) is 51.9 Å². The standard InChI is InChI=1S/C22H22O11/c1-30-14-6-11-13(31-9-12(17(11)25)22(29)4-2-10(24)3-5-22)7-15(14)32-21-20(28)19(27)18(26)16(8-23)33-21/h2-7,9,16,18-21,23,26-29H,8H2,1H3/t16-,18-,19+,20-,21-/m1/s1. The van der Waals surface area contributed by atoms with E-state index in [0.29, 0.717) is 0 Å². The minimum atomic E-state index is -1.83. The second-order valence-corrected chi connectivity index (χ2v) is 7.69. The highest BCUT2D eigenvalue weighted by Crippen LogP contribution is 2.35. The quantitative estimate of drug-likeness (QED) is 0.363. The Morgan fingerprint density at radius 1 is 1.03 bits per heavy atom. The molecular weight excluding hydrogens is 440 g/mol. The molecule has 1 aliphatic heterocycles. The molecule has 1 saturated heterocycles. The van der Waals surface area contributed by atoms with Crippen LogP contribution in [0.25, 0.3) is 11.0 Å². The summed E-state index contributed by atoms with van der Waals surface area (Å²) >= 11 is 0. The maximum absolute atomic E-state index is 13.1. The number of carbonyl (C=O) groups excluding carboxylic acids is 1. The molecule has 0 radical (unpaired) electrons. The summed E-state index contributed by atoms with van der Waals surface area (Å²) in [7, 11) is 1.30. The van der Waals surface area contributed by atoms with Crippen LogP contribution in [0.3, 0.4) is 0 Å². The van der Waals surface area contributed by atoms with E-state index in [0.717, 1.165) is 18.4 Å². The highest BCUT2D eigenvalue weighted by molar-refractivity contribution is 6.00. The number of hydrogen-bond acceptors (Lipinski definition) is 11. The van der Waals surface area contributed by atoms with Gasteiger partial charge in [0, 0.05) is 6.07 Å². The fourth-order valence-corrected chi connectivity index (χ4v) is 3.66. The Morgan fingerprint density at radius 3 is 2.36 bits per heavy atom. The van der Waals surface area contributed by atoms with E-state index in [1.165, 1.54) is 31.4 Å². The molecule has 0 bridgehead atoms. The van der Waals surface area contributed by atoms with E-state index < -0.39 is 48.3 Å². The van der Waals surface area contributed by atoms with E-state index in [-0.39, 0.29) is 33.8 Å². The monoisotopic (exact) mass is 462 g/mol. The molecule has 11 heteroatoms. The first-order valence-electron chi connectivity index (χ1n) is 9.94. The minimum absolute atomic E-state index is 0.0213. The topological polar surface area (TPSA) is 176 Å². The highest BCUT2D eigenvalue weighted by Gasteiger charge is 2.45. The molecule has 1 fully saturated rings. The average molecular weight is 462 g/mol. The number of benzene rings is 1. The molecule has 2 aromatic rings. The second-order valence-electron chi connectivity index (χ2n) is 7.69. The number of rotatable bonds is 5. The van der Waals surface area contributed by atoms with Crippen molar-refractivity contribution in [3.05, 3.63) is 58.5 Å². The summed E-state index contributed by atoms with van der Waals surface area (Å²) in [5.74, 6) is -0.311. The van der Waals surface area contributed by atoms with Crippen molar-refractivity contribution >= 4 is 16.8 Å². The van der Waals surface area contributed by atoms with Crippen LogP contribution in [0.2, 0.25) is 0 Å². The Kier molecular flexibility index (Phi) is 6.10. The van der Waals surface area contributed by atoms with Crippen molar-refractivity contribution in [2.45, 2.75) is 36.3 Å². The predicted octanol–water partition coefficient (Wildman–Crippen LogP) is -1.14. The van der Waals surface area contributed by atoms with Gasteiger partial charge in [0.1, 0.15) is 41.9 Å². The summed E-state index contributed by atoms with van der Waals surface area (Å²) in [5.41, 5.74) is -2.49. The van der Waals surface area contributed by atoms with Crippen molar-refractivity contribution in [2.75, 3.05) is 13.7 Å². The summed E-state index contributed by atoms with van der Waals surface area (Å²) in [5, 5.41) is 50.2.